The van der Waals surface area contributed by atoms with Crippen molar-refractivity contribution in [1.82, 2.24) is 0 Å². The lowest BCUT2D eigenvalue weighted by atomic mass is 9.48. The molecule has 0 radical (unpaired) electrons. The Morgan fingerprint density at radius 2 is 1.92 bits per heavy atom. The van der Waals surface area contributed by atoms with E-state index in [9.17, 15) is 14.7 Å². The first kappa shape index (κ1) is 18.0. The highest BCUT2D eigenvalue weighted by Crippen LogP contribution is 2.66. The molecule has 0 spiro atoms. The van der Waals surface area contributed by atoms with Crippen LogP contribution < -0.4 is 0 Å². The van der Waals surface area contributed by atoms with E-state index >= 15 is 0 Å². The molecule has 4 nitrogen and oxygen atoms in total. The normalized spacial score (nSPS) is 47.0. The molecule has 0 aromatic rings. The Kier molecular flexibility index (Phi) is 4.00. The number of allylic oxidation sites excluding steroid dienone is 4. The average molecular weight is 358 g/mol. The molecule has 26 heavy (non-hydrogen) atoms. The van der Waals surface area contributed by atoms with Gasteiger partial charge in [0.05, 0.1) is 5.60 Å². The Bertz CT molecular complexity index is 707. The summed E-state index contributed by atoms with van der Waals surface area (Å²) in [6, 6.07) is 0. The van der Waals surface area contributed by atoms with E-state index in [0.717, 1.165) is 25.7 Å². The fourth-order valence-electron chi connectivity index (χ4n) is 6.83. The molecule has 4 aliphatic rings. The molecule has 4 heteroatoms. The molecule has 2 saturated carbocycles. The lowest BCUT2D eigenvalue weighted by Gasteiger charge is -2.57. The van der Waals surface area contributed by atoms with Crippen molar-refractivity contribution in [2.24, 2.45) is 28.6 Å². The van der Waals surface area contributed by atoms with Gasteiger partial charge < -0.3 is 10.2 Å². The van der Waals surface area contributed by atoms with Crippen molar-refractivity contribution < 1.29 is 19.8 Å². The Morgan fingerprint density at radius 3 is 2.65 bits per heavy atom. The van der Waals surface area contributed by atoms with Crippen LogP contribution in [0.25, 0.3) is 0 Å². The van der Waals surface area contributed by atoms with E-state index in [1.54, 1.807) is 0 Å². The number of aliphatic carboxylic acids is 1. The molecule has 142 valence electrons. The highest BCUT2D eigenvalue weighted by atomic mass is 16.4. The fraction of sp³-hybridized carbons (Fsp3) is 0.727. The zero-order chi connectivity index (χ0) is 18.7. The van der Waals surface area contributed by atoms with Crippen LogP contribution in [-0.2, 0) is 9.59 Å². The maximum Gasteiger partial charge on any atom is 0.303 e. The molecular weight excluding hydrogens is 328 g/mol. The van der Waals surface area contributed by atoms with Gasteiger partial charge in [-0.05, 0) is 78.8 Å². The molecule has 4 rings (SSSR count). The minimum atomic E-state index is -0.867. The zero-order valence-corrected chi connectivity index (χ0v) is 15.8. The first-order valence-electron chi connectivity index (χ1n) is 10.1. The number of fused-ring (bicyclic) bond motifs is 5. The van der Waals surface area contributed by atoms with E-state index in [0.29, 0.717) is 37.0 Å². The standard InChI is InChI=1S/C22H30O4/c1-20-9-5-15(23)13-14(20)3-4-16-17(20)6-10-21(2)18(16)7-11-22(21,26)12-8-19(24)25/h3-4,13,16-18,26H,5-12H2,1-2H3,(H,24,25)/t16?,17?,18?,20-,21-,22-/m0/s1. The van der Waals surface area contributed by atoms with Crippen LogP contribution in [0.3, 0.4) is 0 Å². The van der Waals surface area contributed by atoms with Gasteiger partial charge in [0.25, 0.3) is 0 Å². The number of rotatable bonds is 3. The average Bonchev–Trinajstić information content (AvgIpc) is 2.86. The summed E-state index contributed by atoms with van der Waals surface area (Å²) in [4.78, 5) is 22.9. The van der Waals surface area contributed by atoms with Crippen LogP contribution >= 0.6 is 0 Å². The van der Waals surface area contributed by atoms with Gasteiger partial charge in [-0.2, -0.15) is 0 Å². The zero-order valence-electron chi connectivity index (χ0n) is 15.8. The number of carbonyl (C=O) groups excluding carboxylic acids is 1. The van der Waals surface area contributed by atoms with Crippen molar-refractivity contribution in [2.45, 2.75) is 70.8 Å². The van der Waals surface area contributed by atoms with Crippen molar-refractivity contribution in [3.63, 3.8) is 0 Å². The second-order valence-corrected chi connectivity index (χ2v) is 9.55. The topological polar surface area (TPSA) is 74.6 Å². The van der Waals surface area contributed by atoms with Gasteiger partial charge in [0.2, 0.25) is 0 Å². The van der Waals surface area contributed by atoms with Gasteiger partial charge in [-0.15, -0.1) is 0 Å². The van der Waals surface area contributed by atoms with Gasteiger partial charge in [-0.3, -0.25) is 9.59 Å². The van der Waals surface area contributed by atoms with Crippen LogP contribution in [0.1, 0.15) is 65.2 Å². The minimum absolute atomic E-state index is 0.0372. The van der Waals surface area contributed by atoms with Gasteiger partial charge in [-0.1, -0.05) is 26.0 Å². The first-order chi connectivity index (χ1) is 12.2. The lowest BCUT2D eigenvalue weighted by Crippen LogP contribution is -2.53. The number of carboxylic acid groups (broad SMARTS) is 1. The Morgan fingerprint density at radius 1 is 1.19 bits per heavy atom. The van der Waals surface area contributed by atoms with Gasteiger partial charge >= 0.3 is 5.97 Å². The third kappa shape index (κ3) is 2.37. The van der Waals surface area contributed by atoms with Crippen LogP contribution in [0.15, 0.2) is 23.8 Å². The summed E-state index contributed by atoms with van der Waals surface area (Å²) in [6.07, 6.45) is 11.9. The summed E-state index contributed by atoms with van der Waals surface area (Å²) in [5.41, 5.74) is 0.179. The number of hydrogen-bond donors (Lipinski definition) is 2. The summed E-state index contributed by atoms with van der Waals surface area (Å²) >= 11 is 0. The van der Waals surface area contributed by atoms with Crippen LogP contribution in [0.4, 0.5) is 0 Å². The van der Waals surface area contributed by atoms with Crippen LogP contribution in [0.2, 0.25) is 0 Å². The molecule has 0 aromatic heterocycles. The number of ketones is 1. The minimum Gasteiger partial charge on any atom is -0.481 e. The summed E-state index contributed by atoms with van der Waals surface area (Å²) < 4.78 is 0. The van der Waals surface area contributed by atoms with Crippen molar-refractivity contribution in [1.29, 1.82) is 0 Å². The summed E-state index contributed by atoms with van der Waals surface area (Å²) in [6.45, 7) is 4.51. The first-order valence-corrected chi connectivity index (χ1v) is 10.1. The molecule has 4 aliphatic carbocycles. The van der Waals surface area contributed by atoms with E-state index in [1.807, 2.05) is 6.08 Å². The largest absolute Gasteiger partial charge is 0.481 e. The fourth-order valence-corrected chi connectivity index (χ4v) is 6.83. The van der Waals surface area contributed by atoms with Crippen molar-refractivity contribution in [2.75, 3.05) is 0 Å². The molecular formula is C22H30O4. The van der Waals surface area contributed by atoms with Crippen molar-refractivity contribution in [3.05, 3.63) is 23.8 Å². The summed E-state index contributed by atoms with van der Waals surface area (Å²) in [5.74, 6) is 0.748. The molecule has 0 heterocycles. The third-order valence-electron chi connectivity index (χ3n) is 8.59. The monoisotopic (exact) mass is 358 g/mol. The van der Waals surface area contributed by atoms with Gasteiger partial charge in [0.1, 0.15) is 0 Å². The maximum atomic E-state index is 11.9. The third-order valence-corrected chi connectivity index (χ3v) is 8.59. The van der Waals surface area contributed by atoms with E-state index in [1.165, 1.54) is 5.57 Å². The molecule has 2 N–H and O–H groups in total. The van der Waals surface area contributed by atoms with Gasteiger partial charge in [0, 0.05) is 12.8 Å². The van der Waals surface area contributed by atoms with Crippen LogP contribution in [0, 0.1) is 28.6 Å². The van der Waals surface area contributed by atoms with E-state index in [2.05, 4.69) is 26.0 Å². The molecule has 3 unspecified atom stereocenters. The van der Waals surface area contributed by atoms with E-state index < -0.39 is 11.6 Å². The molecule has 0 aromatic carbocycles. The number of aliphatic hydroxyl groups is 1. The van der Waals surface area contributed by atoms with Gasteiger partial charge in [0.15, 0.2) is 5.78 Å². The Labute approximate surface area is 155 Å². The smallest absolute Gasteiger partial charge is 0.303 e. The lowest BCUT2D eigenvalue weighted by molar-refractivity contribution is -0.144. The quantitative estimate of drug-likeness (QED) is 0.802. The molecule has 0 saturated heterocycles. The highest BCUT2D eigenvalue weighted by Gasteiger charge is 2.62. The Balaban J connectivity index is 1.66. The van der Waals surface area contributed by atoms with Crippen molar-refractivity contribution in [3.8, 4) is 0 Å². The summed E-state index contributed by atoms with van der Waals surface area (Å²) in [5, 5.41) is 20.5. The number of carboxylic acids is 1. The summed E-state index contributed by atoms with van der Waals surface area (Å²) in [7, 11) is 0. The van der Waals surface area contributed by atoms with E-state index in [4.69, 9.17) is 5.11 Å². The molecule has 0 bridgehead atoms. The van der Waals surface area contributed by atoms with Crippen molar-refractivity contribution >= 4 is 11.8 Å². The molecule has 2 fully saturated rings. The van der Waals surface area contributed by atoms with Gasteiger partial charge in [-0.25, -0.2) is 0 Å². The highest BCUT2D eigenvalue weighted by molar-refractivity contribution is 5.92. The van der Waals surface area contributed by atoms with Crippen LogP contribution in [-0.4, -0.2) is 27.6 Å². The predicted molar refractivity (Wildman–Crippen MR) is 98.4 cm³/mol. The molecule has 6 atom stereocenters. The Hall–Kier alpha value is -1.42. The van der Waals surface area contributed by atoms with Crippen LogP contribution in [0.5, 0.6) is 0 Å². The number of carbonyl (C=O) groups is 2. The molecule has 0 aliphatic heterocycles. The predicted octanol–water partition coefficient (Wildman–Crippen LogP) is 3.89. The maximum absolute atomic E-state index is 11.9. The number of hydrogen-bond acceptors (Lipinski definition) is 3. The van der Waals surface area contributed by atoms with E-state index in [-0.39, 0.29) is 23.0 Å². The second kappa shape index (κ2) is 5.79. The second-order valence-electron chi connectivity index (χ2n) is 9.55. The molecule has 0 amide bonds. The SMILES string of the molecule is C[C@]12CCC(=O)C=C1C=CC1C2CC[C@@]2(C)C1CC[C@]2(O)CCC(=O)O.